The summed E-state index contributed by atoms with van der Waals surface area (Å²) in [5.41, 5.74) is 4.26. The molecule has 2 N–H and O–H groups in total. The molecule has 3 unspecified atom stereocenters. The zero-order valence-electron chi connectivity index (χ0n) is 23.7. The lowest BCUT2D eigenvalue weighted by Crippen LogP contribution is -2.56. The van der Waals surface area contributed by atoms with E-state index in [1.165, 1.54) is 29.6 Å². The van der Waals surface area contributed by atoms with Crippen LogP contribution in [0.5, 0.6) is 5.75 Å². The van der Waals surface area contributed by atoms with Crippen molar-refractivity contribution in [3.63, 3.8) is 0 Å². The molecular formula is C33H30ClN3O5S. The number of ether oxygens (including phenoxy) is 3. The number of hydrogen-bond donors (Lipinski definition) is 2. The largest absolute Gasteiger partial charge is 0.495 e. The topological polar surface area (TPSA) is 98.8 Å². The average molecular weight is 616 g/mol. The first-order valence-corrected chi connectivity index (χ1v) is 15.4. The molecule has 4 aliphatic rings. The van der Waals surface area contributed by atoms with E-state index in [9.17, 15) is 9.59 Å². The van der Waals surface area contributed by atoms with Gasteiger partial charge in [0.1, 0.15) is 5.75 Å². The Kier molecular flexibility index (Phi) is 7.01. The molecule has 2 heterocycles. The minimum Gasteiger partial charge on any atom is -0.495 e. The number of benzene rings is 3. The number of rotatable bonds is 6. The van der Waals surface area contributed by atoms with E-state index in [-0.39, 0.29) is 23.7 Å². The van der Waals surface area contributed by atoms with Crippen LogP contribution in [0.4, 0.5) is 10.8 Å². The van der Waals surface area contributed by atoms with Crippen molar-refractivity contribution in [1.29, 1.82) is 0 Å². The van der Waals surface area contributed by atoms with E-state index in [0.717, 1.165) is 5.56 Å². The summed E-state index contributed by atoms with van der Waals surface area (Å²) >= 11 is 7.57. The molecule has 2 fully saturated rings. The third-order valence-electron chi connectivity index (χ3n) is 9.01. The van der Waals surface area contributed by atoms with Gasteiger partial charge in [-0.3, -0.25) is 9.59 Å². The fraction of sp³-hybridized carbons (Fsp3) is 0.303. The quantitative estimate of drug-likeness (QED) is 0.240. The molecule has 3 atom stereocenters. The van der Waals surface area contributed by atoms with Crippen molar-refractivity contribution >= 4 is 45.6 Å². The maximum Gasteiger partial charge on any atom is 0.255 e. The number of nitrogens with one attached hydrogen (secondary N) is 2. The van der Waals surface area contributed by atoms with Gasteiger partial charge in [0.05, 0.1) is 36.5 Å². The minimum atomic E-state index is -0.649. The molecule has 1 saturated heterocycles. The number of carbonyl (C=O) groups is 2. The van der Waals surface area contributed by atoms with Gasteiger partial charge in [0.2, 0.25) is 5.91 Å². The van der Waals surface area contributed by atoms with Gasteiger partial charge < -0.3 is 24.8 Å². The molecule has 8 rings (SSSR count). The summed E-state index contributed by atoms with van der Waals surface area (Å²) in [6.45, 7) is 3.20. The lowest BCUT2D eigenvalue weighted by molar-refractivity contribution is -0.216. The summed E-state index contributed by atoms with van der Waals surface area (Å²) in [5.74, 6) is -0.505. The number of methoxy groups -OCH3 is 1. The molecule has 3 aliphatic carbocycles. The summed E-state index contributed by atoms with van der Waals surface area (Å²) in [6, 6.07) is 20.6. The third kappa shape index (κ3) is 4.80. The third-order valence-corrected chi connectivity index (χ3v) is 10.1. The summed E-state index contributed by atoms with van der Waals surface area (Å²) < 4.78 is 17.6. The number of nitrogens with zero attached hydrogens (tertiary/aromatic N) is 1. The van der Waals surface area contributed by atoms with E-state index in [1.54, 1.807) is 30.3 Å². The standard InChI is InChI=1S/C33H30ClN3O5S/c1-32(16-25-23-9-4-3-8-22(23)24(32)17-33(25)41-12-13-42-33)30(39)37-31-36-27(18-43-31)19-6-5-7-20(14-19)29(38)35-21-10-11-28(40-2)26(34)15-21/h3-11,14-15,18,24-25H,12-13,16-17H2,1-2H3,(H,35,38)(H,36,37,39). The van der Waals surface area contributed by atoms with Crippen LogP contribution in [0.2, 0.25) is 5.02 Å². The number of hydrogen-bond acceptors (Lipinski definition) is 7. The van der Waals surface area contributed by atoms with Gasteiger partial charge in [-0.1, -0.05) is 54.9 Å². The van der Waals surface area contributed by atoms with Crippen LogP contribution < -0.4 is 15.4 Å². The van der Waals surface area contributed by atoms with Gasteiger partial charge in [0.25, 0.3) is 5.91 Å². The summed E-state index contributed by atoms with van der Waals surface area (Å²) in [7, 11) is 1.54. The summed E-state index contributed by atoms with van der Waals surface area (Å²) in [6.07, 6.45) is 1.29. The molecule has 3 aromatic carbocycles. The Morgan fingerprint density at radius 1 is 0.977 bits per heavy atom. The second-order valence-electron chi connectivity index (χ2n) is 11.4. The Morgan fingerprint density at radius 2 is 1.74 bits per heavy atom. The fourth-order valence-electron chi connectivity index (χ4n) is 6.83. The second-order valence-corrected chi connectivity index (χ2v) is 12.7. The molecule has 10 heteroatoms. The highest BCUT2D eigenvalue weighted by Crippen LogP contribution is 2.64. The highest BCUT2D eigenvalue weighted by atomic mass is 35.5. The van der Waals surface area contributed by atoms with Crippen molar-refractivity contribution in [2.24, 2.45) is 5.41 Å². The van der Waals surface area contributed by atoms with Crippen LogP contribution in [0.25, 0.3) is 11.3 Å². The van der Waals surface area contributed by atoms with Gasteiger partial charge in [-0.25, -0.2) is 4.98 Å². The lowest BCUT2D eigenvalue weighted by atomic mass is 9.52. The normalized spacial score (nSPS) is 23.1. The zero-order valence-corrected chi connectivity index (χ0v) is 25.3. The first-order chi connectivity index (χ1) is 20.8. The molecule has 1 aromatic heterocycles. The number of carbonyl (C=O) groups excluding carboxylic acids is 2. The van der Waals surface area contributed by atoms with Gasteiger partial charge in [-0.2, -0.15) is 0 Å². The Balaban J connectivity index is 1.08. The van der Waals surface area contributed by atoms with Crippen molar-refractivity contribution in [1.82, 2.24) is 4.98 Å². The molecular weight excluding hydrogens is 586 g/mol. The number of fused-ring (bicyclic) bond motifs is 1. The van der Waals surface area contributed by atoms with Crippen LogP contribution >= 0.6 is 22.9 Å². The molecule has 1 spiro atoms. The number of halogens is 1. The molecule has 0 radical (unpaired) electrons. The molecule has 1 aliphatic heterocycles. The van der Waals surface area contributed by atoms with E-state index in [0.29, 0.717) is 58.9 Å². The Hall–Kier alpha value is -3.76. The molecule has 220 valence electrons. The van der Waals surface area contributed by atoms with Crippen molar-refractivity contribution in [2.75, 3.05) is 31.0 Å². The Morgan fingerprint density at radius 3 is 2.49 bits per heavy atom. The predicted octanol–water partition coefficient (Wildman–Crippen LogP) is 7.09. The SMILES string of the molecule is COc1ccc(NC(=O)c2cccc(-c3csc(NC(=O)C4(C)CC5c6ccccc6C4CC54OCCO4)n3)c2)cc1Cl. The lowest BCUT2D eigenvalue weighted by Gasteiger charge is -2.56. The predicted molar refractivity (Wildman–Crippen MR) is 166 cm³/mol. The molecule has 4 aromatic rings. The van der Waals surface area contributed by atoms with Gasteiger partial charge in [-0.05, 0) is 47.9 Å². The average Bonchev–Trinajstić information content (AvgIpc) is 3.69. The van der Waals surface area contributed by atoms with Crippen LogP contribution in [-0.4, -0.2) is 42.9 Å². The van der Waals surface area contributed by atoms with Crippen LogP contribution in [0.1, 0.15) is 53.1 Å². The van der Waals surface area contributed by atoms with Gasteiger partial charge in [-0.15, -0.1) is 11.3 Å². The van der Waals surface area contributed by atoms with Gasteiger partial charge in [0.15, 0.2) is 10.9 Å². The maximum absolute atomic E-state index is 13.9. The summed E-state index contributed by atoms with van der Waals surface area (Å²) in [4.78, 5) is 31.6. The number of thiazole rings is 1. The Bertz CT molecular complexity index is 1730. The van der Waals surface area contributed by atoms with E-state index < -0.39 is 11.2 Å². The van der Waals surface area contributed by atoms with E-state index in [4.69, 9.17) is 30.8 Å². The summed E-state index contributed by atoms with van der Waals surface area (Å²) in [5, 5.41) is 8.78. The first-order valence-electron chi connectivity index (χ1n) is 14.2. The van der Waals surface area contributed by atoms with Crippen molar-refractivity contribution in [2.45, 2.75) is 37.4 Å². The Labute approximate surface area is 258 Å². The van der Waals surface area contributed by atoms with E-state index in [1.807, 2.05) is 36.6 Å². The molecule has 1 saturated carbocycles. The monoisotopic (exact) mass is 615 g/mol. The van der Waals surface area contributed by atoms with Crippen LogP contribution in [0.3, 0.4) is 0 Å². The van der Waals surface area contributed by atoms with Gasteiger partial charge in [0, 0.05) is 40.5 Å². The van der Waals surface area contributed by atoms with Crippen molar-refractivity contribution < 1.29 is 23.8 Å². The number of aromatic nitrogens is 1. The zero-order chi connectivity index (χ0) is 29.8. The highest BCUT2D eigenvalue weighted by molar-refractivity contribution is 7.14. The van der Waals surface area contributed by atoms with E-state index >= 15 is 0 Å². The maximum atomic E-state index is 13.9. The smallest absolute Gasteiger partial charge is 0.255 e. The van der Waals surface area contributed by atoms with Gasteiger partial charge >= 0.3 is 0 Å². The molecule has 2 bridgehead atoms. The first kappa shape index (κ1) is 28.0. The molecule has 43 heavy (non-hydrogen) atoms. The van der Waals surface area contributed by atoms with Crippen LogP contribution in [0.15, 0.2) is 72.1 Å². The number of amides is 2. The van der Waals surface area contributed by atoms with Crippen LogP contribution in [0, 0.1) is 5.41 Å². The van der Waals surface area contributed by atoms with Crippen LogP contribution in [-0.2, 0) is 14.3 Å². The van der Waals surface area contributed by atoms with Crippen molar-refractivity contribution in [3.8, 4) is 17.0 Å². The van der Waals surface area contributed by atoms with E-state index in [2.05, 4.69) is 22.8 Å². The number of anilines is 2. The minimum absolute atomic E-state index is 0.0124. The second kappa shape index (κ2) is 10.7. The highest BCUT2D eigenvalue weighted by Gasteiger charge is 2.63. The van der Waals surface area contributed by atoms with Crippen molar-refractivity contribution in [3.05, 3.63) is 93.8 Å². The molecule has 8 nitrogen and oxygen atoms in total. The fourth-order valence-corrected chi connectivity index (χ4v) is 7.80. The molecule has 2 amide bonds.